The second kappa shape index (κ2) is 6.38. The molecule has 0 spiro atoms. The molecule has 0 saturated carbocycles. The van der Waals surface area contributed by atoms with E-state index < -0.39 is 17.8 Å². The van der Waals surface area contributed by atoms with E-state index in [-0.39, 0.29) is 16.8 Å². The molecule has 1 aliphatic heterocycles. The van der Waals surface area contributed by atoms with Gasteiger partial charge in [0.2, 0.25) is 0 Å². The van der Waals surface area contributed by atoms with Crippen molar-refractivity contribution in [1.29, 1.82) is 0 Å². The van der Waals surface area contributed by atoms with Gasteiger partial charge in [-0.2, -0.15) is 0 Å². The zero-order valence-corrected chi connectivity index (χ0v) is 13.3. The fraction of sp³-hybridized carbons (Fsp3) is 0.278. The van der Waals surface area contributed by atoms with Crippen molar-refractivity contribution in [2.24, 2.45) is 0 Å². The van der Waals surface area contributed by atoms with Crippen LogP contribution in [0.3, 0.4) is 0 Å². The first kappa shape index (κ1) is 16.1. The number of carbonyl (C=O) groups excluding carboxylic acids is 1. The van der Waals surface area contributed by atoms with E-state index >= 15 is 0 Å². The van der Waals surface area contributed by atoms with Crippen LogP contribution in [0, 0.1) is 18.6 Å². The summed E-state index contributed by atoms with van der Waals surface area (Å²) in [6.07, 6.45) is 0.747. The molecule has 2 aromatic rings. The molecule has 1 N–H and O–H groups in total. The van der Waals surface area contributed by atoms with Gasteiger partial charge in [0.1, 0.15) is 17.9 Å². The average Bonchev–Trinajstić information content (AvgIpc) is 2.93. The van der Waals surface area contributed by atoms with Crippen molar-refractivity contribution in [3.63, 3.8) is 0 Å². The first-order chi connectivity index (χ1) is 11.0. The smallest absolute Gasteiger partial charge is 0.145 e. The zero-order chi connectivity index (χ0) is 16.6. The maximum Gasteiger partial charge on any atom is 0.145 e. The van der Waals surface area contributed by atoms with Crippen LogP contribution in [0.1, 0.15) is 28.5 Å². The number of aryl methyl sites for hydroxylation is 1. The highest BCUT2D eigenvalue weighted by molar-refractivity contribution is 6.30. The number of nitrogens with one attached hydrogen (secondary N) is 1. The van der Waals surface area contributed by atoms with Gasteiger partial charge in [-0.05, 0) is 35.7 Å². The quantitative estimate of drug-likeness (QED) is 0.860. The maximum atomic E-state index is 14.4. The fourth-order valence-corrected chi connectivity index (χ4v) is 3.51. The Morgan fingerprint density at radius 1 is 1.22 bits per heavy atom. The van der Waals surface area contributed by atoms with Gasteiger partial charge in [-0.15, -0.1) is 0 Å². The first-order valence-corrected chi connectivity index (χ1v) is 7.79. The molecule has 1 heterocycles. The Morgan fingerprint density at radius 3 is 2.70 bits per heavy atom. The minimum absolute atomic E-state index is 0.00202. The Bertz CT molecular complexity index is 750. The molecule has 2 nitrogen and oxygen atoms in total. The molecule has 23 heavy (non-hydrogen) atoms. The average molecular weight is 336 g/mol. The summed E-state index contributed by atoms with van der Waals surface area (Å²) < 4.78 is 28.8. The lowest BCUT2D eigenvalue weighted by Crippen LogP contribution is -2.28. The van der Waals surface area contributed by atoms with Crippen molar-refractivity contribution < 1.29 is 13.6 Å². The summed E-state index contributed by atoms with van der Waals surface area (Å²) in [4.78, 5) is 11.4. The van der Waals surface area contributed by atoms with Crippen LogP contribution in [0.25, 0.3) is 0 Å². The van der Waals surface area contributed by atoms with Gasteiger partial charge in [-0.25, -0.2) is 8.78 Å². The molecule has 2 unspecified atom stereocenters. The highest BCUT2D eigenvalue weighted by Crippen LogP contribution is 2.42. The van der Waals surface area contributed by atoms with Crippen LogP contribution >= 0.6 is 11.6 Å². The lowest BCUT2D eigenvalue weighted by atomic mass is 9.80. The fourth-order valence-electron chi connectivity index (χ4n) is 3.32. The minimum Gasteiger partial charge on any atom is -0.307 e. The Labute approximate surface area is 138 Å². The van der Waals surface area contributed by atoms with Gasteiger partial charge in [-0.3, -0.25) is 0 Å². The van der Waals surface area contributed by atoms with Gasteiger partial charge < -0.3 is 10.1 Å². The van der Waals surface area contributed by atoms with E-state index in [1.165, 1.54) is 12.1 Å². The summed E-state index contributed by atoms with van der Waals surface area (Å²) >= 11 is 5.87. The highest BCUT2D eigenvalue weighted by Gasteiger charge is 2.40. The standard InChI is InChI=1S/C18H16ClF2NO/c1-10-5-6-11(15(20)7-10)13-8-22-16(9-23)17(13)12-3-2-4-14(19)18(12)21/h2-7,9,13,16-17,22H,8H2,1H3/t13?,16?,17-/m0/s1. The first-order valence-electron chi connectivity index (χ1n) is 7.41. The topological polar surface area (TPSA) is 29.1 Å². The molecule has 0 amide bonds. The lowest BCUT2D eigenvalue weighted by Gasteiger charge is -2.23. The van der Waals surface area contributed by atoms with Crippen LogP contribution in [0.5, 0.6) is 0 Å². The Morgan fingerprint density at radius 2 is 2.00 bits per heavy atom. The molecule has 1 aliphatic rings. The van der Waals surface area contributed by atoms with Crippen molar-refractivity contribution in [3.8, 4) is 0 Å². The van der Waals surface area contributed by atoms with Crippen LogP contribution < -0.4 is 5.32 Å². The summed E-state index contributed by atoms with van der Waals surface area (Å²) in [6, 6.07) is 9.11. The van der Waals surface area contributed by atoms with E-state index in [1.54, 1.807) is 18.2 Å². The molecule has 1 fully saturated rings. The van der Waals surface area contributed by atoms with Crippen molar-refractivity contribution >= 4 is 17.9 Å². The number of halogens is 3. The second-order valence-electron chi connectivity index (χ2n) is 5.87. The monoisotopic (exact) mass is 335 g/mol. The number of carbonyl (C=O) groups is 1. The molecule has 120 valence electrons. The molecular weight excluding hydrogens is 320 g/mol. The molecule has 0 radical (unpaired) electrons. The maximum absolute atomic E-state index is 14.4. The molecule has 1 saturated heterocycles. The summed E-state index contributed by atoms with van der Waals surface area (Å²) in [7, 11) is 0. The van der Waals surface area contributed by atoms with E-state index in [9.17, 15) is 13.6 Å². The van der Waals surface area contributed by atoms with Crippen molar-refractivity contribution in [2.45, 2.75) is 24.8 Å². The molecule has 5 heteroatoms. The van der Waals surface area contributed by atoms with Crippen molar-refractivity contribution in [3.05, 3.63) is 69.7 Å². The van der Waals surface area contributed by atoms with Gasteiger partial charge in [-0.1, -0.05) is 35.9 Å². The molecule has 3 rings (SSSR count). The number of rotatable bonds is 3. The van der Waals surface area contributed by atoms with Crippen LogP contribution in [0.15, 0.2) is 36.4 Å². The zero-order valence-electron chi connectivity index (χ0n) is 12.5. The van der Waals surface area contributed by atoms with Crippen molar-refractivity contribution in [1.82, 2.24) is 5.32 Å². The minimum atomic E-state index is -0.575. The van der Waals surface area contributed by atoms with Crippen LogP contribution in [-0.2, 0) is 4.79 Å². The normalized spacial score (nSPS) is 23.9. The third-order valence-electron chi connectivity index (χ3n) is 4.44. The molecular formula is C18H16ClF2NO. The van der Waals surface area contributed by atoms with Gasteiger partial charge in [0, 0.05) is 18.4 Å². The van der Waals surface area contributed by atoms with Crippen LogP contribution in [-0.4, -0.2) is 18.9 Å². The predicted octanol–water partition coefficient (Wildman–Crippen LogP) is 3.96. The number of hydrogen-bond acceptors (Lipinski definition) is 2. The largest absolute Gasteiger partial charge is 0.307 e. The Balaban J connectivity index is 2.09. The van der Waals surface area contributed by atoms with Gasteiger partial charge in [0.05, 0.1) is 11.1 Å². The summed E-state index contributed by atoms with van der Waals surface area (Å²) in [5, 5.41) is 3.05. The molecule has 0 bridgehead atoms. The van der Waals surface area contributed by atoms with Crippen LogP contribution in [0.2, 0.25) is 5.02 Å². The number of aldehydes is 1. The molecule has 0 aromatic heterocycles. The van der Waals surface area contributed by atoms with E-state index in [2.05, 4.69) is 5.32 Å². The number of hydrogen-bond donors (Lipinski definition) is 1. The molecule has 0 aliphatic carbocycles. The Hall–Kier alpha value is -1.78. The van der Waals surface area contributed by atoms with Crippen molar-refractivity contribution in [2.75, 3.05) is 6.54 Å². The lowest BCUT2D eigenvalue weighted by molar-refractivity contribution is -0.109. The summed E-state index contributed by atoms with van der Waals surface area (Å²) in [6.45, 7) is 2.21. The summed E-state index contributed by atoms with van der Waals surface area (Å²) in [5.74, 6) is -1.72. The van der Waals surface area contributed by atoms with Crippen LogP contribution in [0.4, 0.5) is 8.78 Å². The predicted molar refractivity (Wildman–Crippen MR) is 85.9 cm³/mol. The van der Waals surface area contributed by atoms with E-state index in [0.29, 0.717) is 17.7 Å². The van der Waals surface area contributed by atoms with Gasteiger partial charge >= 0.3 is 0 Å². The highest BCUT2D eigenvalue weighted by atomic mass is 35.5. The van der Waals surface area contributed by atoms with Gasteiger partial charge in [0.15, 0.2) is 0 Å². The van der Waals surface area contributed by atoms with E-state index in [1.807, 2.05) is 13.0 Å². The third kappa shape index (κ3) is 2.89. The second-order valence-corrected chi connectivity index (χ2v) is 6.28. The summed E-state index contributed by atoms with van der Waals surface area (Å²) in [5.41, 5.74) is 1.64. The Kier molecular flexibility index (Phi) is 4.46. The van der Waals surface area contributed by atoms with E-state index in [4.69, 9.17) is 11.6 Å². The number of benzene rings is 2. The SMILES string of the molecule is Cc1ccc(C2CNC(C=O)[C@H]2c2cccc(Cl)c2F)c(F)c1. The third-order valence-corrected chi connectivity index (χ3v) is 4.73. The molecule has 3 atom stereocenters. The molecule has 2 aromatic carbocycles. The van der Waals surface area contributed by atoms with E-state index in [0.717, 1.165) is 11.8 Å². The van der Waals surface area contributed by atoms with Gasteiger partial charge in [0.25, 0.3) is 0 Å².